The number of carbonyl (C=O) groups excluding carboxylic acids is 2. The number of anilines is 2. The van der Waals surface area contributed by atoms with Crippen LogP contribution >= 0.6 is 35.0 Å². The average molecular weight is 615 g/mol. The Morgan fingerprint density at radius 3 is 2.34 bits per heavy atom. The predicted octanol–water partition coefficient (Wildman–Crippen LogP) is 6.09. The van der Waals surface area contributed by atoms with E-state index in [-0.39, 0.29) is 40.1 Å². The molecule has 41 heavy (non-hydrogen) atoms. The van der Waals surface area contributed by atoms with Crippen LogP contribution in [0.3, 0.4) is 0 Å². The molecule has 0 aliphatic rings. The van der Waals surface area contributed by atoms with Gasteiger partial charge in [-0.3, -0.25) is 19.7 Å². The van der Waals surface area contributed by atoms with Crippen molar-refractivity contribution in [2.45, 2.75) is 37.8 Å². The molecule has 0 unspecified atom stereocenters. The van der Waals surface area contributed by atoms with Crippen molar-refractivity contribution in [3.63, 3.8) is 0 Å². The Balaban J connectivity index is 1.33. The van der Waals surface area contributed by atoms with E-state index in [4.69, 9.17) is 23.2 Å². The van der Waals surface area contributed by atoms with E-state index in [0.717, 1.165) is 17.3 Å². The van der Waals surface area contributed by atoms with E-state index < -0.39 is 4.92 Å². The zero-order valence-corrected chi connectivity index (χ0v) is 24.5. The molecule has 0 bridgehead atoms. The molecular weight excluding hydrogens is 589 g/mol. The van der Waals surface area contributed by atoms with Gasteiger partial charge in [0.2, 0.25) is 17.0 Å². The van der Waals surface area contributed by atoms with Crippen molar-refractivity contribution in [3.8, 4) is 5.69 Å². The van der Waals surface area contributed by atoms with Gasteiger partial charge in [0.1, 0.15) is 0 Å². The maximum absolute atomic E-state index is 12.7. The van der Waals surface area contributed by atoms with Crippen LogP contribution in [0.25, 0.3) is 5.69 Å². The summed E-state index contributed by atoms with van der Waals surface area (Å²) in [4.78, 5) is 35.3. The standard InChI is InChI=1S/C27H25Cl2N7O4S/c1-27(2,3)17-6-11-23(21(29)13-17)35-26(32-33-34-35)41-15-25(38)31-22-10-7-18(14-20(22)28)30-24(37)12-16-4-8-19(9-5-16)36(39)40/h4-11,13-14H,12,15H2,1-3H3,(H,30,37)(H,31,38). The van der Waals surface area contributed by atoms with Crippen LogP contribution in [-0.4, -0.2) is 42.7 Å². The number of carbonyl (C=O) groups is 2. The third kappa shape index (κ3) is 7.81. The van der Waals surface area contributed by atoms with Gasteiger partial charge in [-0.15, -0.1) is 5.10 Å². The van der Waals surface area contributed by atoms with Gasteiger partial charge in [-0.25, -0.2) is 0 Å². The normalized spacial score (nSPS) is 11.2. The molecule has 11 nitrogen and oxygen atoms in total. The zero-order valence-electron chi connectivity index (χ0n) is 22.2. The fraction of sp³-hybridized carbons (Fsp3) is 0.222. The second-order valence-corrected chi connectivity index (χ2v) is 11.7. The summed E-state index contributed by atoms with van der Waals surface area (Å²) in [7, 11) is 0. The summed E-state index contributed by atoms with van der Waals surface area (Å²) in [6, 6.07) is 16.1. The molecular formula is C27H25Cl2N7O4S. The van der Waals surface area contributed by atoms with Crippen molar-refractivity contribution in [1.29, 1.82) is 0 Å². The molecule has 0 aliphatic heterocycles. The minimum Gasteiger partial charge on any atom is -0.326 e. The number of hydrogen-bond donors (Lipinski definition) is 2. The van der Waals surface area contributed by atoms with Crippen LogP contribution in [0.4, 0.5) is 17.1 Å². The first-order valence-corrected chi connectivity index (χ1v) is 14.0. The number of nitrogens with one attached hydrogen (secondary N) is 2. The van der Waals surface area contributed by atoms with Gasteiger partial charge in [0.15, 0.2) is 0 Å². The molecule has 0 saturated heterocycles. The van der Waals surface area contributed by atoms with Crippen LogP contribution in [0, 0.1) is 10.1 Å². The highest BCUT2D eigenvalue weighted by atomic mass is 35.5. The molecule has 212 valence electrons. The highest BCUT2D eigenvalue weighted by Crippen LogP contribution is 2.31. The molecule has 4 aromatic rings. The minimum atomic E-state index is -0.503. The van der Waals surface area contributed by atoms with Crippen LogP contribution in [-0.2, 0) is 21.4 Å². The van der Waals surface area contributed by atoms with Crippen molar-refractivity contribution in [3.05, 3.63) is 92.0 Å². The summed E-state index contributed by atoms with van der Waals surface area (Å²) < 4.78 is 1.48. The van der Waals surface area contributed by atoms with Gasteiger partial charge in [0.25, 0.3) is 5.69 Å². The van der Waals surface area contributed by atoms with Crippen LogP contribution < -0.4 is 10.6 Å². The van der Waals surface area contributed by atoms with E-state index in [1.54, 1.807) is 12.1 Å². The molecule has 1 aromatic heterocycles. The third-order valence-corrected chi connectivity index (χ3v) is 7.39. The molecule has 0 radical (unpaired) electrons. The fourth-order valence-electron chi connectivity index (χ4n) is 3.70. The maximum atomic E-state index is 12.7. The molecule has 0 aliphatic carbocycles. The van der Waals surface area contributed by atoms with Crippen LogP contribution in [0.1, 0.15) is 31.9 Å². The lowest BCUT2D eigenvalue weighted by Gasteiger charge is -2.20. The van der Waals surface area contributed by atoms with Crippen molar-refractivity contribution >= 4 is 63.8 Å². The zero-order chi connectivity index (χ0) is 29.7. The number of non-ortho nitro benzene ring substituents is 1. The summed E-state index contributed by atoms with van der Waals surface area (Å²) >= 11 is 14.0. The summed E-state index contributed by atoms with van der Waals surface area (Å²) in [6.45, 7) is 6.28. The quantitative estimate of drug-likeness (QED) is 0.131. The van der Waals surface area contributed by atoms with E-state index in [1.165, 1.54) is 35.0 Å². The fourth-order valence-corrected chi connectivity index (χ4v) is 4.87. The number of amides is 2. The molecule has 0 fully saturated rings. The summed E-state index contributed by atoms with van der Waals surface area (Å²) in [5, 5.41) is 29.1. The Morgan fingerprint density at radius 2 is 1.71 bits per heavy atom. The van der Waals surface area contributed by atoms with Crippen LogP contribution in [0.2, 0.25) is 10.0 Å². The Bertz CT molecular complexity index is 1600. The number of thioether (sulfide) groups is 1. The molecule has 2 amide bonds. The number of nitrogens with zero attached hydrogens (tertiary/aromatic N) is 5. The summed E-state index contributed by atoms with van der Waals surface area (Å²) in [5.41, 5.74) is 2.97. The number of rotatable bonds is 9. The van der Waals surface area contributed by atoms with Crippen molar-refractivity contribution in [2.75, 3.05) is 16.4 Å². The second-order valence-electron chi connectivity index (χ2n) is 9.97. The van der Waals surface area contributed by atoms with Crippen molar-refractivity contribution < 1.29 is 14.5 Å². The van der Waals surface area contributed by atoms with Crippen molar-refractivity contribution in [1.82, 2.24) is 20.2 Å². The number of tetrazole rings is 1. The topological polar surface area (TPSA) is 145 Å². The molecule has 2 N–H and O–H groups in total. The second kappa shape index (κ2) is 12.7. The van der Waals surface area contributed by atoms with Gasteiger partial charge >= 0.3 is 0 Å². The van der Waals surface area contributed by atoms with Crippen molar-refractivity contribution in [2.24, 2.45) is 0 Å². The number of halogens is 2. The van der Waals surface area contributed by atoms with Gasteiger partial charge in [-0.05, 0) is 57.3 Å². The average Bonchev–Trinajstić information content (AvgIpc) is 3.37. The monoisotopic (exact) mass is 613 g/mol. The van der Waals surface area contributed by atoms with Gasteiger partial charge in [-0.2, -0.15) is 4.68 Å². The van der Waals surface area contributed by atoms with E-state index in [1.807, 2.05) is 18.2 Å². The molecule has 4 rings (SSSR count). The highest BCUT2D eigenvalue weighted by Gasteiger charge is 2.19. The number of hydrogen-bond acceptors (Lipinski definition) is 8. The van der Waals surface area contributed by atoms with Gasteiger partial charge in [0.05, 0.1) is 38.5 Å². The number of aromatic nitrogens is 4. The highest BCUT2D eigenvalue weighted by molar-refractivity contribution is 7.99. The maximum Gasteiger partial charge on any atom is 0.269 e. The number of nitro benzene ring substituents is 1. The smallest absolute Gasteiger partial charge is 0.269 e. The van der Waals surface area contributed by atoms with Gasteiger partial charge < -0.3 is 10.6 Å². The lowest BCUT2D eigenvalue weighted by atomic mass is 9.87. The molecule has 14 heteroatoms. The largest absolute Gasteiger partial charge is 0.326 e. The Hall–Kier alpha value is -4.00. The van der Waals surface area contributed by atoms with E-state index in [2.05, 4.69) is 46.9 Å². The van der Waals surface area contributed by atoms with E-state index in [0.29, 0.717) is 32.8 Å². The Kier molecular flexibility index (Phi) is 9.26. The Labute approximate surface area is 249 Å². The summed E-state index contributed by atoms with van der Waals surface area (Å²) in [5.74, 6) is -0.660. The molecule has 0 saturated carbocycles. The SMILES string of the molecule is CC(C)(C)c1ccc(-n2nnnc2SCC(=O)Nc2ccc(NC(=O)Cc3ccc([N+](=O)[O-])cc3)cc2Cl)c(Cl)c1. The van der Waals surface area contributed by atoms with Gasteiger partial charge in [-0.1, -0.05) is 73.9 Å². The lowest BCUT2D eigenvalue weighted by Crippen LogP contribution is -2.16. The molecule has 0 spiro atoms. The first kappa shape index (κ1) is 30.0. The first-order valence-electron chi connectivity index (χ1n) is 12.2. The third-order valence-electron chi connectivity index (χ3n) is 5.85. The minimum absolute atomic E-state index is 0.00210. The molecule has 3 aromatic carbocycles. The summed E-state index contributed by atoms with van der Waals surface area (Å²) in [6.07, 6.45) is 0.0245. The van der Waals surface area contributed by atoms with E-state index >= 15 is 0 Å². The predicted molar refractivity (Wildman–Crippen MR) is 159 cm³/mol. The lowest BCUT2D eigenvalue weighted by molar-refractivity contribution is -0.384. The number of nitro groups is 1. The van der Waals surface area contributed by atoms with E-state index in [9.17, 15) is 19.7 Å². The first-order chi connectivity index (χ1) is 19.4. The van der Waals surface area contributed by atoms with Crippen LogP contribution in [0.5, 0.6) is 0 Å². The Morgan fingerprint density at radius 1 is 0.976 bits per heavy atom. The van der Waals surface area contributed by atoms with Crippen LogP contribution in [0.15, 0.2) is 65.8 Å². The van der Waals surface area contributed by atoms with Gasteiger partial charge in [0, 0.05) is 17.8 Å². The molecule has 1 heterocycles. The molecule has 0 atom stereocenters. The number of benzene rings is 3.